The van der Waals surface area contributed by atoms with E-state index >= 15 is 0 Å². The van der Waals surface area contributed by atoms with Gasteiger partial charge in [-0.25, -0.2) is 4.98 Å². The summed E-state index contributed by atoms with van der Waals surface area (Å²) in [6, 6.07) is 58.4. The Balaban J connectivity index is 1.30. The lowest BCUT2D eigenvalue weighted by atomic mass is 9.85. The topological polar surface area (TPSA) is 25.8 Å². The molecule has 9 aromatic rings. The van der Waals surface area contributed by atoms with Gasteiger partial charge < -0.3 is 0 Å². The molecule has 0 radical (unpaired) electrons. The highest BCUT2D eigenvalue weighted by Gasteiger charge is 2.18. The first-order chi connectivity index (χ1) is 22.8. The van der Waals surface area contributed by atoms with Gasteiger partial charge in [-0.2, -0.15) is 0 Å². The van der Waals surface area contributed by atoms with Gasteiger partial charge in [0.05, 0.1) is 16.9 Å². The van der Waals surface area contributed by atoms with Crippen molar-refractivity contribution < 1.29 is 0 Å². The second kappa shape index (κ2) is 10.8. The average molecular weight is 585 g/mol. The van der Waals surface area contributed by atoms with Gasteiger partial charge in [-0.05, 0) is 79.5 Å². The molecule has 0 N–H and O–H groups in total. The Bertz CT molecular complexity index is 2570. The zero-order valence-electron chi connectivity index (χ0n) is 25.1. The molecule has 2 aromatic heterocycles. The van der Waals surface area contributed by atoms with Crippen molar-refractivity contribution in [1.82, 2.24) is 9.97 Å². The highest BCUT2D eigenvalue weighted by Crippen LogP contribution is 2.44. The number of pyridine rings is 2. The molecular formula is C44H28N2. The third kappa shape index (κ3) is 4.27. The molecule has 214 valence electrons. The summed E-state index contributed by atoms with van der Waals surface area (Å²) in [5, 5.41) is 8.37. The smallest absolute Gasteiger partial charge is 0.0787 e. The van der Waals surface area contributed by atoms with E-state index in [2.05, 4.69) is 158 Å². The van der Waals surface area contributed by atoms with Crippen LogP contribution in [0.3, 0.4) is 0 Å². The second-order valence-corrected chi connectivity index (χ2v) is 11.7. The lowest BCUT2D eigenvalue weighted by Gasteiger charge is -2.18. The van der Waals surface area contributed by atoms with Crippen LogP contribution in [-0.4, -0.2) is 9.97 Å². The van der Waals surface area contributed by atoms with Crippen molar-refractivity contribution in [2.45, 2.75) is 0 Å². The minimum atomic E-state index is 0.938. The largest absolute Gasteiger partial charge is 0.256 e. The predicted octanol–water partition coefficient (Wildman–Crippen LogP) is 11.8. The second-order valence-electron chi connectivity index (χ2n) is 11.7. The minimum absolute atomic E-state index is 0.938. The van der Waals surface area contributed by atoms with E-state index in [-0.39, 0.29) is 0 Å². The van der Waals surface area contributed by atoms with Crippen LogP contribution in [0.5, 0.6) is 0 Å². The Kier molecular flexibility index (Phi) is 6.17. The maximum atomic E-state index is 5.29. The van der Waals surface area contributed by atoms with E-state index in [1.54, 1.807) is 0 Å². The van der Waals surface area contributed by atoms with E-state index in [0.717, 1.165) is 44.2 Å². The van der Waals surface area contributed by atoms with E-state index in [1.165, 1.54) is 43.8 Å². The first-order valence-corrected chi connectivity index (χ1v) is 15.7. The molecule has 2 nitrogen and oxygen atoms in total. The summed E-state index contributed by atoms with van der Waals surface area (Å²) in [6.07, 6.45) is 1.87. The van der Waals surface area contributed by atoms with Crippen molar-refractivity contribution in [3.8, 4) is 44.8 Å². The van der Waals surface area contributed by atoms with Crippen LogP contribution in [0.2, 0.25) is 0 Å². The normalized spacial score (nSPS) is 11.5. The van der Waals surface area contributed by atoms with Gasteiger partial charge in [-0.1, -0.05) is 133 Å². The van der Waals surface area contributed by atoms with E-state index < -0.39 is 0 Å². The van der Waals surface area contributed by atoms with Gasteiger partial charge in [0.2, 0.25) is 0 Å². The zero-order chi connectivity index (χ0) is 30.5. The highest BCUT2D eigenvalue weighted by molar-refractivity contribution is 6.22. The molecule has 0 aliphatic heterocycles. The first kappa shape index (κ1) is 26.3. The number of benzene rings is 7. The van der Waals surface area contributed by atoms with Crippen LogP contribution >= 0.6 is 0 Å². The standard InChI is InChI=1S/C44H28N2/c1-3-13-29(14-4-1)42-34-19-9-10-20-35(34)43(30-15-5-2-6-16-30)39-28-32(24-25-36(39)42)40-22-11-23-41(46-40)38-27-31-17-7-8-18-33(31)44-37(38)21-12-26-45-44/h1-28H. The van der Waals surface area contributed by atoms with E-state index in [1.807, 2.05) is 12.3 Å². The molecule has 0 unspecified atom stereocenters. The molecule has 0 spiro atoms. The number of rotatable bonds is 4. The fourth-order valence-electron chi connectivity index (χ4n) is 7.04. The van der Waals surface area contributed by atoms with Crippen molar-refractivity contribution >= 4 is 43.2 Å². The van der Waals surface area contributed by atoms with Crippen LogP contribution < -0.4 is 0 Å². The molecule has 0 atom stereocenters. The number of hydrogen-bond acceptors (Lipinski definition) is 2. The summed E-state index contributed by atoms with van der Waals surface area (Å²) in [5.41, 5.74) is 9.98. The van der Waals surface area contributed by atoms with Crippen LogP contribution in [-0.2, 0) is 0 Å². The lowest BCUT2D eigenvalue weighted by molar-refractivity contribution is 1.33. The quantitative estimate of drug-likeness (QED) is 0.152. The van der Waals surface area contributed by atoms with Gasteiger partial charge in [-0.15, -0.1) is 0 Å². The molecule has 0 saturated heterocycles. The molecule has 0 aliphatic rings. The van der Waals surface area contributed by atoms with E-state index in [4.69, 9.17) is 9.97 Å². The van der Waals surface area contributed by atoms with E-state index in [9.17, 15) is 0 Å². The molecule has 0 saturated carbocycles. The Labute approximate surface area is 267 Å². The molecule has 2 heteroatoms. The maximum absolute atomic E-state index is 5.29. The Morgan fingerprint density at radius 3 is 1.67 bits per heavy atom. The predicted molar refractivity (Wildman–Crippen MR) is 194 cm³/mol. The summed E-state index contributed by atoms with van der Waals surface area (Å²) < 4.78 is 0. The average Bonchev–Trinajstić information content (AvgIpc) is 3.14. The first-order valence-electron chi connectivity index (χ1n) is 15.7. The summed E-state index contributed by atoms with van der Waals surface area (Å²) >= 11 is 0. The summed E-state index contributed by atoms with van der Waals surface area (Å²) in [4.78, 5) is 10.1. The van der Waals surface area contributed by atoms with Crippen molar-refractivity contribution in [2.75, 3.05) is 0 Å². The van der Waals surface area contributed by atoms with Crippen molar-refractivity contribution in [3.63, 3.8) is 0 Å². The molecule has 2 heterocycles. The van der Waals surface area contributed by atoms with Crippen LogP contribution in [0, 0.1) is 0 Å². The van der Waals surface area contributed by atoms with Gasteiger partial charge in [0.25, 0.3) is 0 Å². The Hall–Kier alpha value is -6.12. The third-order valence-corrected chi connectivity index (χ3v) is 9.08. The fourth-order valence-corrected chi connectivity index (χ4v) is 7.04. The van der Waals surface area contributed by atoms with Gasteiger partial charge in [-0.3, -0.25) is 4.98 Å². The number of nitrogens with zero attached hydrogens (tertiary/aromatic N) is 2. The lowest BCUT2D eigenvalue weighted by Crippen LogP contribution is -1.93. The molecule has 0 aliphatic carbocycles. The number of aromatic nitrogens is 2. The molecular weight excluding hydrogens is 556 g/mol. The van der Waals surface area contributed by atoms with Crippen LogP contribution in [0.15, 0.2) is 170 Å². The van der Waals surface area contributed by atoms with E-state index in [0.29, 0.717) is 0 Å². The molecule has 9 rings (SSSR count). The van der Waals surface area contributed by atoms with Crippen LogP contribution in [0.1, 0.15) is 0 Å². The zero-order valence-corrected chi connectivity index (χ0v) is 25.1. The van der Waals surface area contributed by atoms with Crippen LogP contribution in [0.4, 0.5) is 0 Å². The molecule has 7 aromatic carbocycles. The number of fused-ring (bicyclic) bond motifs is 5. The summed E-state index contributed by atoms with van der Waals surface area (Å²) in [6.45, 7) is 0. The van der Waals surface area contributed by atoms with Crippen molar-refractivity contribution in [1.29, 1.82) is 0 Å². The third-order valence-electron chi connectivity index (χ3n) is 9.08. The van der Waals surface area contributed by atoms with Crippen molar-refractivity contribution in [3.05, 3.63) is 170 Å². The van der Waals surface area contributed by atoms with Gasteiger partial charge >= 0.3 is 0 Å². The molecule has 46 heavy (non-hydrogen) atoms. The van der Waals surface area contributed by atoms with Gasteiger partial charge in [0, 0.05) is 28.1 Å². The fraction of sp³-hybridized carbons (Fsp3) is 0. The monoisotopic (exact) mass is 584 g/mol. The van der Waals surface area contributed by atoms with Crippen molar-refractivity contribution in [2.24, 2.45) is 0 Å². The van der Waals surface area contributed by atoms with Gasteiger partial charge in [0.1, 0.15) is 0 Å². The van der Waals surface area contributed by atoms with Crippen LogP contribution in [0.25, 0.3) is 88.0 Å². The minimum Gasteiger partial charge on any atom is -0.256 e. The maximum Gasteiger partial charge on any atom is 0.0787 e. The molecule has 0 amide bonds. The SMILES string of the molecule is c1ccc(-c2c3ccccc3c(-c3ccccc3)c3cc(-c4cccc(-c5cc6ccccc6c6ncccc56)n4)ccc23)cc1. The highest BCUT2D eigenvalue weighted by atomic mass is 14.7. The molecule has 0 fully saturated rings. The molecule has 0 bridgehead atoms. The number of hydrogen-bond donors (Lipinski definition) is 0. The summed E-state index contributed by atoms with van der Waals surface area (Å²) in [5.74, 6) is 0. The van der Waals surface area contributed by atoms with Gasteiger partial charge in [0.15, 0.2) is 0 Å². The Morgan fingerprint density at radius 2 is 0.935 bits per heavy atom. The summed E-state index contributed by atoms with van der Waals surface area (Å²) in [7, 11) is 0. The Morgan fingerprint density at radius 1 is 0.348 bits per heavy atom.